The molecule has 0 aliphatic rings. The van der Waals surface area contributed by atoms with Gasteiger partial charge in [-0.1, -0.05) is 11.6 Å². The first-order valence-corrected chi connectivity index (χ1v) is 7.12. The van der Waals surface area contributed by atoms with Crippen LogP contribution in [0.4, 0.5) is 5.69 Å². The Hall–Kier alpha value is -1.04. The lowest BCUT2D eigenvalue weighted by atomic mass is 10.2. The Labute approximate surface area is 122 Å². The van der Waals surface area contributed by atoms with Crippen molar-refractivity contribution in [2.24, 2.45) is 5.73 Å². The lowest BCUT2D eigenvalue weighted by Gasteiger charge is -2.07. The van der Waals surface area contributed by atoms with Crippen LogP contribution in [0.5, 0.6) is 0 Å². The van der Waals surface area contributed by atoms with Crippen LogP contribution >= 0.6 is 38.9 Å². The summed E-state index contributed by atoms with van der Waals surface area (Å²) >= 11 is 11.0. The zero-order chi connectivity index (χ0) is 13.1. The van der Waals surface area contributed by atoms with Crippen LogP contribution in [0, 0.1) is 0 Å². The third-order valence-electron chi connectivity index (χ3n) is 2.33. The van der Waals surface area contributed by atoms with E-state index in [-0.39, 0.29) is 0 Å². The molecule has 0 spiro atoms. The molecule has 6 heteroatoms. The number of carbonyl (C=O) groups is 1. The molecule has 0 unspecified atom stereocenters. The maximum Gasteiger partial charge on any atom is 0.250 e. The van der Waals surface area contributed by atoms with Crippen molar-refractivity contribution in [1.29, 1.82) is 0 Å². The molecule has 0 saturated carbocycles. The molecular weight excluding hydrogens is 336 g/mol. The Morgan fingerprint density at radius 3 is 2.72 bits per heavy atom. The van der Waals surface area contributed by atoms with Gasteiger partial charge in [0.1, 0.15) is 0 Å². The molecule has 1 aromatic carbocycles. The van der Waals surface area contributed by atoms with Crippen molar-refractivity contribution < 1.29 is 4.79 Å². The predicted octanol–water partition coefficient (Wildman–Crippen LogP) is 3.88. The molecule has 3 nitrogen and oxygen atoms in total. The second-order valence-corrected chi connectivity index (χ2v) is 6.57. The van der Waals surface area contributed by atoms with Crippen LogP contribution in [0.3, 0.4) is 0 Å². The highest BCUT2D eigenvalue weighted by Gasteiger charge is 2.07. The minimum atomic E-state index is -0.520. The van der Waals surface area contributed by atoms with Crippen LogP contribution in [0.15, 0.2) is 34.1 Å². The van der Waals surface area contributed by atoms with Gasteiger partial charge >= 0.3 is 0 Å². The molecule has 94 valence electrons. The van der Waals surface area contributed by atoms with Gasteiger partial charge in [0.15, 0.2) is 0 Å². The van der Waals surface area contributed by atoms with E-state index in [0.29, 0.717) is 17.1 Å². The summed E-state index contributed by atoms with van der Waals surface area (Å²) in [7, 11) is 0. The summed E-state index contributed by atoms with van der Waals surface area (Å²) < 4.78 is 1.10. The quantitative estimate of drug-likeness (QED) is 0.883. The van der Waals surface area contributed by atoms with Crippen LogP contribution in [0.25, 0.3) is 0 Å². The number of primary amides is 1. The standard InChI is InChI=1S/C12H10BrClN2OS/c13-11-4-2-8(18-11)6-16-7-1-3-9(12(15)17)10(14)5-7/h1-5,16H,6H2,(H2,15,17). The Morgan fingerprint density at radius 1 is 1.39 bits per heavy atom. The molecule has 0 atom stereocenters. The molecule has 0 saturated heterocycles. The molecule has 1 amide bonds. The van der Waals surface area contributed by atoms with Crippen molar-refractivity contribution in [3.05, 3.63) is 49.6 Å². The van der Waals surface area contributed by atoms with Crippen LogP contribution < -0.4 is 11.1 Å². The monoisotopic (exact) mass is 344 g/mol. The van der Waals surface area contributed by atoms with Crippen molar-refractivity contribution >= 4 is 50.5 Å². The van der Waals surface area contributed by atoms with Gasteiger partial charge in [0.2, 0.25) is 5.91 Å². The van der Waals surface area contributed by atoms with Crippen molar-refractivity contribution in [2.75, 3.05) is 5.32 Å². The first-order chi connectivity index (χ1) is 8.56. The summed E-state index contributed by atoms with van der Waals surface area (Å²) in [4.78, 5) is 12.2. The normalized spacial score (nSPS) is 10.3. The minimum Gasteiger partial charge on any atom is -0.380 e. The highest BCUT2D eigenvalue weighted by atomic mass is 79.9. The molecule has 18 heavy (non-hydrogen) atoms. The van der Waals surface area contributed by atoms with E-state index in [1.54, 1.807) is 29.5 Å². The lowest BCUT2D eigenvalue weighted by Crippen LogP contribution is -2.11. The Balaban J connectivity index is 2.06. The molecule has 0 aliphatic heterocycles. The smallest absolute Gasteiger partial charge is 0.250 e. The van der Waals surface area contributed by atoms with Crippen molar-refractivity contribution in [3.63, 3.8) is 0 Å². The van der Waals surface area contributed by atoms with Crippen LogP contribution in [-0.2, 0) is 6.54 Å². The van der Waals surface area contributed by atoms with Gasteiger partial charge in [-0.25, -0.2) is 0 Å². The number of hydrogen-bond donors (Lipinski definition) is 2. The molecule has 0 radical (unpaired) electrons. The van der Waals surface area contributed by atoms with E-state index in [2.05, 4.69) is 21.2 Å². The van der Waals surface area contributed by atoms with Crippen molar-refractivity contribution in [3.8, 4) is 0 Å². The number of rotatable bonds is 4. The van der Waals surface area contributed by atoms with E-state index in [0.717, 1.165) is 9.47 Å². The van der Waals surface area contributed by atoms with Gasteiger partial charge in [0, 0.05) is 17.1 Å². The van der Waals surface area contributed by atoms with Crippen LogP contribution in [0.2, 0.25) is 5.02 Å². The molecular formula is C12H10BrClN2OS. The maximum absolute atomic E-state index is 11.0. The number of carbonyl (C=O) groups excluding carboxylic acids is 1. The fraction of sp³-hybridized carbons (Fsp3) is 0.0833. The highest BCUT2D eigenvalue weighted by molar-refractivity contribution is 9.11. The molecule has 3 N–H and O–H groups in total. The summed E-state index contributed by atoms with van der Waals surface area (Å²) in [6, 6.07) is 9.16. The van der Waals surface area contributed by atoms with Gasteiger partial charge in [0.05, 0.1) is 14.4 Å². The first-order valence-electron chi connectivity index (χ1n) is 5.13. The number of anilines is 1. The summed E-state index contributed by atoms with van der Waals surface area (Å²) in [5, 5.41) is 3.60. The molecule has 0 fully saturated rings. The Morgan fingerprint density at radius 2 is 2.17 bits per heavy atom. The van der Waals surface area contributed by atoms with E-state index in [1.165, 1.54) is 4.88 Å². The number of benzene rings is 1. The van der Waals surface area contributed by atoms with E-state index in [4.69, 9.17) is 17.3 Å². The molecule has 1 aromatic heterocycles. The average Bonchev–Trinajstić information content (AvgIpc) is 2.72. The predicted molar refractivity (Wildman–Crippen MR) is 79.3 cm³/mol. The fourth-order valence-corrected chi connectivity index (χ4v) is 3.16. The van der Waals surface area contributed by atoms with Gasteiger partial charge in [-0.2, -0.15) is 0 Å². The lowest BCUT2D eigenvalue weighted by molar-refractivity contribution is 0.100. The zero-order valence-corrected chi connectivity index (χ0v) is 12.4. The topological polar surface area (TPSA) is 55.1 Å². The second kappa shape index (κ2) is 5.73. The molecule has 0 bridgehead atoms. The van der Waals surface area contributed by atoms with Gasteiger partial charge in [-0.3, -0.25) is 4.79 Å². The molecule has 1 heterocycles. The Kier molecular flexibility index (Phi) is 4.27. The van der Waals surface area contributed by atoms with E-state index >= 15 is 0 Å². The first kappa shape index (κ1) is 13.4. The largest absolute Gasteiger partial charge is 0.380 e. The van der Waals surface area contributed by atoms with Gasteiger partial charge in [0.25, 0.3) is 0 Å². The number of hydrogen-bond acceptors (Lipinski definition) is 3. The van der Waals surface area contributed by atoms with Crippen LogP contribution in [-0.4, -0.2) is 5.91 Å². The van der Waals surface area contributed by atoms with E-state index in [9.17, 15) is 4.79 Å². The zero-order valence-electron chi connectivity index (χ0n) is 9.24. The third-order valence-corrected chi connectivity index (χ3v) is 4.27. The summed E-state index contributed by atoms with van der Waals surface area (Å²) in [6.07, 6.45) is 0. The van der Waals surface area contributed by atoms with Gasteiger partial charge in [-0.05, 0) is 46.3 Å². The third kappa shape index (κ3) is 3.25. The number of nitrogens with one attached hydrogen (secondary N) is 1. The minimum absolute atomic E-state index is 0.334. The van der Waals surface area contributed by atoms with Gasteiger partial charge < -0.3 is 11.1 Å². The Bertz CT molecular complexity index is 585. The summed E-state index contributed by atoms with van der Waals surface area (Å²) in [5.41, 5.74) is 6.38. The fourth-order valence-electron chi connectivity index (χ4n) is 1.46. The molecule has 2 aromatic rings. The maximum atomic E-state index is 11.0. The SMILES string of the molecule is NC(=O)c1ccc(NCc2ccc(Br)s2)cc1Cl. The van der Waals surface area contributed by atoms with Crippen molar-refractivity contribution in [1.82, 2.24) is 0 Å². The number of thiophene rings is 1. The van der Waals surface area contributed by atoms with Crippen LogP contribution in [0.1, 0.15) is 15.2 Å². The number of halogens is 2. The van der Waals surface area contributed by atoms with Crippen molar-refractivity contribution in [2.45, 2.75) is 6.54 Å². The average molecular weight is 346 g/mol. The second-order valence-electron chi connectivity index (χ2n) is 3.62. The number of amides is 1. The molecule has 0 aliphatic carbocycles. The van der Waals surface area contributed by atoms with Gasteiger partial charge in [-0.15, -0.1) is 11.3 Å². The number of nitrogens with two attached hydrogens (primary N) is 1. The summed E-state index contributed by atoms with van der Waals surface area (Å²) in [5.74, 6) is -0.520. The highest BCUT2D eigenvalue weighted by Crippen LogP contribution is 2.24. The van der Waals surface area contributed by atoms with E-state index < -0.39 is 5.91 Å². The van der Waals surface area contributed by atoms with E-state index in [1.807, 2.05) is 12.1 Å². The molecule has 2 rings (SSSR count). The summed E-state index contributed by atoms with van der Waals surface area (Å²) in [6.45, 7) is 0.711.